The maximum absolute atomic E-state index is 6.13. The van der Waals surface area contributed by atoms with E-state index in [0.29, 0.717) is 16.8 Å². The Morgan fingerprint density at radius 3 is 3.17 bits per heavy atom. The molecule has 3 rings (SSSR count). The first-order chi connectivity index (χ1) is 8.74. The molecule has 1 aromatic carbocycles. The number of nitrogen functional groups attached to an aromatic ring is 1. The molecule has 0 spiro atoms. The quantitative estimate of drug-likeness (QED) is 0.920. The molecule has 0 saturated carbocycles. The molecule has 1 aliphatic rings. The topological polar surface area (TPSA) is 51.4 Å². The molecule has 94 valence electrons. The van der Waals surface area contributed by atoms with Crippen molar-refractivity contribution in [2.75, 3.05) is 23.8 Å². The van der Waals surface area contributed by atoms with Gasteiger partial charge in [-0.05, 0) is 12.1 Å². The number of nitrogens with two attached hydrogens (primary N) is 1. The number of hydrogen-bond acceptors (Lipinski definition) is 5. The van der Waals surface area contributed by atoms with Crippen molar-refractivity contribution in [1.29, 1.82) is 0 Å². The summed E-state index contributed by atoms with van der Waals surface area (Å²) in [4.78, 5) is 7.44. The predicted molar refractivity (Wildman–Crippen MR) is 74.5 cm³/mol. The summed E-state index contributed by atoms with van der Waals surface area (Å²) < 4.78 is 5.62. The average molecular weight is 282 g/mol. The smallest absolute Gasteiger partial charge is 0.180 e. The maximum atomic E-state index is 6.13. The van der Waals surface area contributed by atoms with E-state index in [4.69, 9.17) is 22.1 Å². The molecule has 2 heterocycles. The van der Waals surface area contributed by atoms with Crippen LogP contribution in [0.5, 0.6) is 5.75 Å². The molecule has 2 aromatic rings. The molecule has 0 saturated heterocycles. The Hall–Kier alpha value is -1.46. The zero-order chi connectivity index (χ0) is 12.5. The van der Waals surface area contributed by atoms with Crippen molar-refractivity contribution < 1.29 is 4.74 Å². The van der Waals surface area contributed by atoms with Crippen molar-refractivity contribution in [2.45, 2.75) is 6.54 Å². The van der Waals surface area contributed by atoms with Gasteiger partial charge in [-0.25, -0.2) is 4.98 Å². The number of hydrogen-bond donors (Lipinski definition) is 1. The van der Waals surface area contributed by atoms with E-state index in [1.54, 1.807) is 0 Å². The lowest BCUT2D eigenvalue weighted by molar-refractivity contribution is 0.307. The number of benzene rings is 1. The van der Waals surface area contributed by atoms with Gasteiger partial charge in [0.15, 0.2) is 10.9 Å². The van der Waals surface area contributed by atoms with E-state index in [1.807, 2.05) is 24.4 Å². The summed E-state index contributed by atoms with van der Waals surface area (Å²) in [6, 6.07) is 5.79. The molecule has 6 heteroatoms. The fraction of sp³-hybridized carbons (Fsp3) is 0.250. The minimum atomic E-state index is 0.601. The summed E-state index contributed by atoms with van der Waals surface area (Å²) in [7, 11) is 0. The van der Waals surface area contributed by atoms with Crippen LogP contribution in [0, 0.1) is 0 Å². The van der Waals surface area contributed by atoms with Crippen molar-refractivity contribution >= 4 is 33.8 Å². The van der Waals surface area contributed by atoms with Gasteiger partial charge in [-0.15, -0.1) is 11.3 Å². The van der Waals surface area contributed by atoms with Crippen LogP contribution in [0.2, 0.25) is 5.02 Å². The molecule has 0 atom stereocenters. The summed E-state index contributed by atoms with van der Waals surface area (Å²) in [6.07, 6.45) is 1.82. The molecular formula is C12H12ClN3OS. The lowest BCUT2D eigenvalue weighted by atomic mass is 10.2. The number of para-hydroxylation sites is 1. The van der Waals surface area contributed by atoms with Crippen molar-refractivity contribution in [2.24, 2.45) is 0 Å². The van der Waals surface area contributed by atoms with Crippen LogP contribution in [-0.4, -0.2) is 18.1 Å². The standard InChI is InChI=1S/C12H12ClN3OS/c13-9-2-1-3-10-11(9)17-5-4-16(10)7-8-6-15-12(14)18-8/h1-3,6H,4-5,7H2,(H2,14,15). The highest BCUT2D eigenvalue weighted by Gasteiger charge is 2.20. The van der Waals surface area contributed by atoms with Gasteiger partial charge in [-0.2, -0.15) is 0 Å². The Kier molecular flexibility index (Phi) is 3.01. The van der Waals surface area contributed by atoms with Gasteiger partial charge in [0.2, 0.25) is 0 Å². The molecule has 1 aliphatic heterocycles. The number of nitrogens with zero attached hydrogens (tertiary/aromatic N) is 2. The molecule has 4 nitrogen and oxygen atoms in total. The zero-order valence-electron chi connectivity index (χ0n) is 9.60. The second kappa shape index (κ2) is 4.66. The number of halogens is 1. The van der Waals surface area contributed by atoms with Crippen molar-refractivity contribution in [3.63, 3.8) is 0 Å². The summed E-state index contributed by atoms with van der Waals surface area (Å²) in [5.74, 6) is 0.767. The van der Waals surface area contributed by atoms with Crippen molar-refractivity contribution in [3.8, 4) is 5.75 Å². The number of anilines is 2. The summed E-state index contributed by atoms with van der Waals surface area (Å²) in [6.45, 7) is 2.27. The SMILES string of the molecule is Nc1ncc(CN2CCOc3c(Cl)cccc32)s1. The van der Waals surface area contributed by atoms with Crippen molar-refractivity contribution in [1.82, 2.24) is 4.98 Å². The largest absolute Gasteiger partial charge is 0.488 e. The average Bonchev–Trinajstić information content (AvgIpc) is 2.76. The fourth-order valence-corrected chi connectivity index (χ4v) is 2.94. The Bertz CT molecular complexity index is 572. The predicted octanol–water partition coefficient (Wildman–Crippen LogP) is 2.78. The van der Waals surface area contributed by atoms with Gasteiger partial charge in [-0.3, -0.25) is 0 Å². The minimum Gasteiger partial charge on any atom is -0.488 e. The van der Waals surface area contributed by atoms with Crippen LogP contribution in [0.3, 0.4) is 0 Å². The van der Waals surface area contributed by atoms with Crippen LogP contribution in [0.15, 0.2) is 24.4 Å². The lowest BCUT2D eigenvalue weighted by Gasteiger charge is -2.31. The monoisotopic (exact) mass is 281 g/mol. The van der Waals surface area contributed by atoms with Gasteiger partial charge >= 0.3 is 0 Å². The molecule has 0 amide bonds. The second-order valence-corrected chi connectivity index (χ2v) is 5.58. The molecule has 1 aromatic heterocycles. The van der Waals surface area contributed by atoms with Crippen LogP contribution in [0.4, 0.5) is 10.8 Å². The van der Waals surface area contributed by atoms with E-state index in [9.17, 15) is 0 Å². The van der Waals surface area contributed by atoms with Crippen molar-refractivity contribution in [3.05, 3.63) is 34.3 Å². The number of thiazole rings is 1. The number of fused-ring (bicyclic) bond motifs is 1. The third-order valence-corrected chi connectivity index (χ3v) is 3.92. The Labute approximate surface area is 114 Å². The molecule has 0 aliphatic carbocycles. The van der Waals surface area contributed by atoms with E-state index >= 15 is 0 Å². The zero-order valence-corrected chi connectivity index (χ0v) is 11.2. The normalized spacial score (nSPS) is 14.2. The van der Waals surface area contributed by atoms with Crippen LogP contribution >= 0.6 is 22.9 Å². The highest BCUT2D eigenvalue weighted by molar-refractivity contribution is 7.15. The fourth-order valence-electron chi connectivity index (χ4n) is 2.02. The van der Waals surface area contributed by atoms with Crippen LogP contribution in [0.1, 0.15) is 4.88 Å². The Morgan fingerprint density at radius 1 is 1.50 bits per heavy atom. The maximum Gasteiger partial charge on any atom is 0.180 e. The van der Waals surface area contributed by atoms with Gasteiger partial charge in [-0.1, -0.05) is 17.7 Å². The van der Waals surface area contributed by atoms with Gasteiger partial charge in [0.05, 0.1) is 23.8 Å². The summed E-state index contributed by atoms with van der Waals surface area (Å²) in [5.41, 5.74) is 6.67. The molecule has 0 unspecified atom stereocenters. The van der Waals surface area contributed by atoms with Crippen LogP contribution in [0.25, 0.3) is 0 Å². The van der Waals surface area contributed by atoms with E-state index in [-0.39, 0.29) is 0 Å². The van der Waals surface area contributed by atoms with Gasteiger partial charge < -0.3 is 15.4 Å². The molecule has 0 fully saturated rings. The second-order valence-electron chi connectivity index (χ2n) is 4.02. The van der Waals surface area contributed by atoms with E-state index in [2.05, 4.69) is 9.88 Å². The molecular weight excluding hydrogens is 270 g/mol. The Morgan fingerprint density at radius 2 is 2.39 bits per heavy atom. The summed E-state index contributed by atoms with van der Waals surface area (Å²) in [5, 5.41) is 1.26. The third kappa shape index (κ3) is 2.11. The van der Waals surface area contributed by atoms with Crippen LogP contribution in [-0.2, 0) is 6.54 Å². The van der Waals surface area contributed by atoms with Gasteiger partial charge in [0, 0.05) is 11.1 Å². The lowest BCUT2D eigenvalue weighted by Crippen LogP contribution is -2.32. The van der Waals surface area contributed by atoms with Crippen LogP contribution < -0.4 is 15.4 Å². The highest BCUT2D eigenvalue weighted by Crippen LogP contribution is 2.38. The van der Waals surface area contributed by atoms with Gasteiger partial charge in [0.1, 0.15) is 6.61 Å². The number of aromatic nitrogens is 1. The number of ether oxygens (including phenoxy) is 1. The molecule has 2 N–H and O–H groups in total. The van der Waals surface area contributed by atoms with E-state index in [0.717, 1.165) is 29.4 Å². The Balaban J connectivity index is 1.89. The molecule has 0 bridgehead atoms. The first-order valence-electron chi connectivity index (χ1n) is 5.60. The van der Waals surface area contributed by atoms with E-state index < -0.39 is 0 Å². The minimum absolute atomic E-state index is 0.601. The first-order valence-corrected chi connectivity index (χ1v) is 6.80. The molecule has 18 heavy (non-hydrogen) atoms. The first kappa shape index (κ1) is 11.6. The van der Waals surface area contributed by atoms with Gasteiger partial charge in [0.25, 0.3) is 0 Å². The molecule has 0 radical (unpaired) electrons. The van der Waals surface area contributed by atoms with E-state index in [1.165, 1.54) is 11.3 Å². The summed E-state index contributed by atoms with van der Waals surface area (Å²) >= 11 is 7.64. The highest BCUT2D eigenvalue weighted by atomic mass is 35.5. The number of rotatable bonds is 2. The third-order valence-electron chi connectivity index (χ3n) is 2.81.